The summed E-state index contributed by atoms with van der Waals surface area (Å²) in [5, 5.41) is 5.35. The van der Waals surface area contributed by atoms with Crippen molar-refractivity contribution in [3.63, 3.8) is 0 Å². The number of esters is 1. The molecular weight excluding hydrogens is 360 g/mol. The molecule has 2 aromatic rings. The summed E-state index contributed by atoms with van der Waals surface area (Å²) in [6.07, 6.45) is -0.137. The molecule has 0 heterocycles. The number of hydrogen-bond donors (Lipinski definition) is 2. The number of ether oxygens (including phenoxy) is 2. The average Bonchev–Trinajstić information content (AvgIpc) is 2.66. The predicted molar refractivity (Wildman–Crippen MR) is 106 cm³/mol. The van der Waals surface area contributed by atoms with E-state index in [2.05, 4.69) is 10.6 Å². The Bertz CT molecular complexity index is 835. The Morgan fingerprint density at radius 1 is 0.929 bits per heavy atom. The van der Waals surface area contributed by atoms with E-state index in [9.17, 15) is 14.4 Å². The van der Waals surface area contributed by atoms with E-state index in [1.54, 1.807) is 30.3 Å². The number of aryl methyl sites for hydroxylation is 1. The fourth-order valence-electron chi connectivity index (χ4n) is 2.42. The molecule has 0 atom stereocenters. The second kappa shape index (κ2) is 10.7. The minimum atomic E-state index is -0.618. The van der Waals surface area contributed by atoms with Crippen LogP contribution in [-0.2, 0) is 19.1 Å². The molecule has 0 saturated carbocycles. The molecule has 0 aliphatic carbocycles. The van der Waals surface area contributed by atoms with Crippen molar-refractivity contribution >= 4 is 29.2 Å². The molecule has 28 heavy (non-hydrogen) atoms. The highest BCUT2D eigenvalue weighted by Crippen LogP contribution is 2.23. The highest BCUT2D eigenvalue weighted by molar-refractivity contribution is 5.95. The summed E-state index contributed by atoms with van der Waals surface area (Å²) in [5.41, 5.74) is 2.20. The first-order valence-electron chi connectivity index (χ1n) is 9.01. The first-order chi connectivity index (χ1) is 13.5. The van der Waals surface area contributed by atoms with Gasteiger partial charge in [-0.15, -0.1) is 0 Å². The van der Waals surface area contributed by atoms with Gasteiger partial charge < -0.3 is 20.1 Å². The molecule has 0 unspecified atom stereocenters. The number of hydrogen-bond acceptors (Lipinski definition) is 5. The summed E-state index contributed by atoms with van der Waals surface area (Å²) in [5.74, 6) is -0.854. The lowest BCUT2D eigenvalue weighted by atomic mass is 10.2. The zero-order chi connectivity index (χ0) is 20.4. The van der Waals surface area contributed by atoms with Crippen LogP contribution >= 0.6 is 0 Å². The lowest BCUT2D eigenvalue weighted by Crippen LogP contribution is -2.22. The van der Waals surface area contributed by atoms with Crippen LogP contribution in [0.1, 0.15) is 25.3 Å². The Labute approximate surface area is 164 Å². The number of benzene rings is 2. The molecular formula is C21H24N2O5. The number of para-hydroxylation sites is 2. The van der Waals surface area contributed by atoms with E-state index in [-0.39, 0.29) is 18.7 Å². The molecule has 0 saturated heterocycles. The first kappa shape index (κ1) is 21.0. The van der Waals surface area contributed by atoms with Crippen molar-refractivity contribution in [3.8, 4) is 5.75 Å². The van der Waals surface area contributed by atoms with Crippen molar-refractivity contribution in [1.82, 2.24) is 0 Å². The summed E-state index contributed by atoms with van der Waals surface area (Å²) < 4.78 is 10.3. The van der Waals surface area contributed by atoms with Gasteiger partial charge in [-0.1, -0.05) is 24.3 Å². The lowest BCUT2D eigenvalue weighted by Gasteiger charge is -2.11. The SMILES string of the molecule is CCOc1ccccc1NC(=O)COC(=O)CCC(=O)Nc1cccc(C)c1. The maximum Gasteiger partial charge on any atom is 0.306 e. The number of amides is 2. The summed E-state index contributed by atoms with van der Waals surface area (Å²) in [4.78, 5) is 35.6. The maximum absolute atomic E-state index is 12.0. The van der Waals surface area contributed by atoms with Crippen LogP contribution in [0.5, 0.6) is 5.75 Å². The molecule has 7 heteroatoms. The minimum Gasteiger partial charge on any atom is -0.492 e. The molecule has 2 amide bonds. The van der Waals surface area contributed by atoms with Gasteiger partial charge >= 0.3 is 5.97 Å². The van der Waals surface area contributed by atoms with E-state index >= 15 is 0 Å². The molecule has 0 bridgehead atoms. The van der Waals surface area contributed by atoms with Crippen LogP contribution < -0.4 is 15.4 Å². The lowest BCUT2D eigenvalue weighted by molar-refractivity contribution is -0.147. The third-order valence-corrected chi connectivity index (χ3v) is 3.68. The standard InChI is InChI=1S/C21H24N2O5/c1-3-27-18-10-5-4-9-17(18)23-20(25)14-28-21(26)12-11-19(24)22-16-8-6-7-15(2)13-16/h4-10,13H,3,11-12,14H2,1-2H3,(H,22,24)(H,23,25). The first-order valence-corrected chi connectivity index (χ1v) is 9.01. The van der Waals surface area contributed by atoms with Crippen molar-refractivity contribution in [2.24, 2.45) is 0 Å². The van der Waals surface area contributed by atoms with Crippen LogP contribution in [0, 0.1) is 6.92 Å². The molecule has 7 nitrogen and oxygen atoms in total. The van der Waals surface area contributed by atoms with Gasteiger partial charge in [0.25, 0.3) is 5.91 Å². The van der Waals surface area contributed by atoms with Crippen LogP contribution in [0.25, 0.3) is 0 Å². The van der Waals surface area contributed by atoms with Gasteiger partial charge in [0.05, 0.1) is 18.7 Å². The Morgan fingerprint density at radius 3 is 2.46 bits per heavy atom. The van der Waals surface area contributed by atoms with Crippen LogP contribution in [0.3, 0.4) is 0 Å². The third kappa shape index (κ3) is 7.11. The van der Waals surface area contributed by atoms with Gasteiger partial charge in [0.2, 0.25) is 5.91 Å². The molecule has 148 valence electrons. The van der Waals surface area contributed by atoms with Crippen molar-refractivity contribution in [1.29, 1.82) is 0 Å². The van der Waals surface area contributed by atoms with Crippen LogP contribution in [0.2, 0.25) is 0 Å². The molecule has 0 radical (unpaired) electrons. The normalized spacial score (nSPS) is 10.1. The van der Waals surface area contributed by atoms with Gasteiger partial charge in [-0.2, -0.15) is 0 Å². The van der Waals surface area contributed by atoms with Gasteiger partial charge in [0.1, 0.15) is 5.75 Å². The van der Waals surface area contributed by atoms with E-state index in [1.165, 1.54) is 0 Å². The summed E-state index contributed by atoms with van der Waals surface area (Å²) >= 11 is 0. The molecule has 2 aromatic carbocycles. The molecule has 0 aliphatic heterocycles. The van der Waals surface area contributed by atoms with Gasteiger partial charge in [0, 0.05) is 12.1 Å². The molecule has 2 rings (SSSR count). The fourth-order valence-corrected chi connectivity index (χ4v) is 2.42. The molecule has 0 aromatic heterocycles. The highest BCUT2D eigenvalue weighted by atomic mass is 16.5. The summed E-state index contributed by atoms with van der Waals surface area (Å²) in [6, 6.07) is 14.3. The van der Waals surface area contributed by atoms with Crippen molar-refractivity contribution < 1.29 is 23.9 Å². The third-order valence-electron chi connectivity index (χ3n) is 3.68. The maximum atomic E-state index is 12.0. The van der Waals surface area contributed by atoms with Gasteiger partial charge in [-0.05, 0) is 43.7 Å². The Balaban J connectivity index is 1.72. The van der Waals surface area contributed by atoms with Crippen molar-refractivity contribution in [2.45, 2.75) is 26.7 Å². The number of anilines is 2. The topological polar surface area (TPSA) is 93.7 Å². The number of carbonyl (C=O) groups excluding carboxylic acids is 3. The smallest absolute Gasteiger partial charge is 0.306 e. The van der Waals surface area contributed by atoms with E-state index in [0.29, 0.717) is 23.7 Å². The monoisotopic (exact) mass is 384 g/mol. The second-order valence-corrected chi connectivity index (χ2v) is 6.06. The van der Waals surface area contributed by atoms with Crippen molar-refractivity contribution in [2.75, 3.05) is 23.8 Å². The van der Waals surface area contributed by atoms with Crippen molar-refractivity contribution in [3.05, 3.63) is 54.1 Å². The Hall–Kier alpha value is -3.35. The van der Waals surface area contributed by atoms with E-state index in [4.69, 9.17) is 9.47 Å². The van der Waals surface area contributed by atoms with E-state index in [1.807, 2.05) is 32.0 Å². The fraction of sp³-hybridized carbons (Fsp3) is 0.286. The van der Waals surface area contributed by atoms with E-state index in [0.717, 1.165) is 5.56 Å². The quantitative estimate of drug-likeness (QED) is 0.647. The van der Waals surface area contributed by atoms with Crippen LogP contribution in [-0.4, -0.2) is 31.0 Å². The molecule has 0 aliphatic rings. The van der Waals surface area contributed by atoms with Gasteiger partial charge in [-0.3, -0.25) is 14.4 Å². The Kier molecular flexibility index (Phi) is 8.02. The molecule has 0 fully saturated rings. The zero-order valence-electron chi connectivity index (χ0n) is 16.0. The predicted octanol–water partition coefficient (Wildman–Crippen LogP) is 3.29. The Morgan fingerprint density at radius 2 is 1.71 bits per heavy atom. The number of rotatable bonds is 9. The zero-order valence-corrected chi connectivity index (χ0v) is 16.0. The number of carbonyl (C=O) groups is 3. The van der Waals surface area contributed by atoms with E-state index < -0.39 is 18.5 Å². The minimum absolute atomic E-state index is 0.0262. The van der Waals surface area contributed by atoms with Gasteiger partial charge in [-0.25, -0.2) is 0 Å². The summed E-state index contributed by atoms with van der Waals surface area (Å²) in [7, 11) is 0. The van der Waals surface area contributed by atoms with Crippen LogP contribution in [0.4, 0.5) is 11.4 Å². The highest BCUT2D eigenvalue weighted by Gasteiger charge is 2.12. The molecule has 2 N–H and O–H groups in total. The van der Waals surface area contributed by atoms with Gasteiger partial charge in [0.15, 0.2) is 6.61 Å². The number of nitrogens with one attached hydrogen (secondary N) is 2. The van der Waals surface area contributed by atoms with Crippen LogP contribution in [0.15, 0.2) is 48.5 Å². The largest absolute Gasteiger partial charge is 0.492 e. The summed E-state index contributed by atoms with van der Waals surface area (Å²) in [6.45, 7) is 3.80. The average molecular weight is 384 g/mol. The molecule has 0 spiro atoms. The second-order valence-electron chi connectivity index (χ2n) is 6.06.